The van der Waals surface area contributed by atoms with E-state index in [9.17, 15) is 9.90 Å². The van der Waals surface area contributed by atoms with Crippen molar-refractivity contribution in [3.63, 3.8) is 0 Å². The molecule has 106 valence electrons. The zero-order chi connectivity index (χ0) is 14.6. The molecule has 1 aromatic rings. The molecule has 0 heterocycles. The summed E-state index contributed by atoms with van der Waals surface area (Å²) in [6.45, 7) is 3.80. The highest BCUT2D eigenvalue weighted by molar-refractivity contribution is 5.77. The van der Waals surface area contributed by atoms with Crippen molar-refractivity contribution >= 4 is 5.97 Å². The summed E-state index contributed by atoms with van der Waals surface area (Å²) in [5.74, 6) is 0.572. The van der Waals surface area contributed by atoms with Crippen molar-refractivity contribution in [1.29, 1.82) is 0 Å². The summed E-state index contributed by atoms with van der Waals surface area (Å²) in [6, 6.07) is 5.48. The van der Waals surface area contributed by atoms with Gasteiger partial charge < -0.3 is 14.6 Å². The van der Waals surface area contributed by atoms with E-state index >= 15 is 0 Å². The van der Waals surface area contributed by atoms with Crippen LogP contribution < -0.4 is 9.47 Å². The molecule has 5 nitrogen and oxygen atoms in total. The molecule has 0 fully saturated rings. The fourth-order valence-electron chi connectivity index (χ4n) is 1.62. The Morgan fingerprint density at radius 3 is 2.42 bits per heavy atom. The van der Waals surface area contributed by atoms with E-state index < -0.39 is 11.5 Å². The van der Waals surface area contributed by atoms with Gasteiger partial charge in [0.1, 0.15) is 17.0 Å². The van der Waals surface area contributed by atoms with Crippen LogP contribution in [0.15, 0.2) is 18.2 Å². The molecule has 0 aliphatic rings. The van der Waals surface area contributed by atoms with Gasteiger partial charge >= 0.3 is 5.97 Å². The van der Waals surface area contributed by atoms with Crippen LogP contribution in [-0.2, 0) is 11.3 Å². The number of methoxy groups -OCH3 is 2. The van der Waals surface area contributed by atoms with Crippen molar-refractivity contribution in [2.45, 2.75) is 25.9 Å². The van der Waals surface area contributed by atoms with Gasteiger partial charge in [0, 0.05) is 12.1 Å². The van der Waals surface area contributed by atoms with Gasteiger partial charge in [-0.05, 0) is 39.1 Å². The number of ether oxygens (including phenoxy) is 2. The number of benzene rings is 1. The molecule has 0 unspecified atom stereocenters. The van der Waals surface area contributed by atoms with Gasteiger partial charge in [-0.3, -0.25) is 9.69 Å². The van der Waals surface area contributed by atoms with Crippen molar-refractivity contribution in [2.24, 2.45) is 0 Å². The van der Waals surface area contributed by atoms with Crippen molar-refractivity contribution in [3.05, 3.63) is 23.8 Å². The van der Waals surface area contributed by atoms with Crippen molar-refractivity contribution in [1.82, 2.24) is 4.90 Å². The molecule has 5 heteroatoms. The molecular formula is C14H21NO4. The summed E-state index contributed by atoms with van der Waals surface area (Å²) in [5.41, 5.74) is -0.0626. The van der Waals surface area contributed by atoms with Crippen LogP contribution in [0.25, 0.3) is 0 Å². The van der Waals surface area contributed by atoms with Gasteiger partial charge in [-0.1, -0.05) is 0 Å². The number of nitrogens with zero attached hydrogens (tertiary/aromatic N) is 1. The highest BCUT2D eigenvalue weighted by Crippen LogP contribution is 2.27. The smallest absolute Gasteiger partial charge is 0.323 e. The van der Waals surface area contributed by atoms with Gasteiger partial charge in [-0.2, -0.15) is 0 Å². The second-order valence-corrected chi connectivity index (χ2v) is 4.90. The van der Waals surface area contributed by atoms with E-state index in [1.54, 1.807) is 40.0 Å². The van der Waals surface area contributed by atoms with E-state index in [0.29, 0.717) is 12.3 Å². The number of aliphatic carboxylic acids is 1. The summed E-state index contributed by atoms with van der Waals surface area (Å²) >= 11 is 0. The van der Waals surface area contributed by atoms with Crippen LogP contribution >= 0.6 is 0 Å². The van der Waals surface area contributed by atoms with Crippen molar-refractivity contribution in [3.8, 4) is 11.5 Å². The third-order valence-electron chi connectivity index (χ3n) is 3.37. The van der Waals surface area contributed by atoms with Crippen LogP contribution in [-0.4, -0.2) is 42.8 Å². The van der Waals surface area contributed by atoms with Gasteiger partial charge in [-0.15, -0.1) is 0 Å². The molecule has 0 bridgehead atoms. The minimum Gasteiger partial charge on any atom is -0.497 e. The zero-order valence-electron chi connectivity index (χ0n) is 12.1. The Morgan fingerprint density at radius 1 is 1.32 bits per heavy atom. The predicted octanol–water partition coefficient (Wildman–Crippen LogP) is 2.00. The Morgan fingerprint density at radius 2 is 1.95 bits per heavy atom. The maximum Gasteiger partial charge on any atom is 0.323 e. The fraction of sp³-hybridized carbons (Fsp3) is 0.500. The summed E-state index contributed by atoms with van der Waals surface area (Å²) in [6.07, 6.45) is 0. The van der Waals surface area contributed by atoms with E-state index in [-0.39, 0.29) is 0 Å². The monoisotopic (exact) mass is 267 g/mol. The van der Waals surface area contributed by atoms with Gasteiger partial charge in [0.15, 0.2) is 0 Å². The Hall–Kier alpha value is -1.75. The number of carbonyl (C=O) groups is 1. The van der Waals surface area contributed by atoms with Crippen LogP contribution in [0, 0.1) is 0 Å². The van der Waals surface area contributed by atoms with Crippen LogP contribution in [0.4, 0.5) is 0 Å². The van der Waals surface area contributed by atoms with E-state index in [0.717, 1.165) is 11.3 Å². The summed E-state index contributed by atoms with van der Waals surface area (Å²) < 4.78 is 10.5. The molecular weight excluding hydrogens is 246 g/mol. The van der Waals surface area contributed by atoms with Gasteiger partial charge in [0.2, 0.25) is 0 Å². The molecule has 1 rings (SSSR count). The summed E-state index contributed by atoms with van der Waals surface area (Å²) in [7, 11) is 4.96. The van der Waals surface area contributed by atoms with E-state index in [2.05, 4.69) is 0 Å². The molecule has 0 atom stereocenters. The maximum atomic E-state index is 11.2. The average Bonchev–Trinajstić information content (AvgIpc) is 2.38. The topological polar surface area (TPSA) is 59.0 Å². The Kier molecular flexibility index (Phi) is 4.78. The Labute approximate surface area is 113 Å². The average molecular weight is 267 g/mol. The minimum absolute atomic E-state index is 0.458. The van der Waals surface area contributed by atoms with E-state index in [4.69, 9.17) is 9.47 Å². The first kappa shape index (κ1) is 15.3. The first-order valence-electron chi connectivity index (χ1n) is 5.98. The number of hydrogen-bond acceptors (Lipinski definition) is 4. The Bertz CT molecular complexity index is 457. The molecule has 1 N–H and O–H groups in total. The SMILES string of the molecule is COc1ccc(OC)c(CN(C)C(C)(C)C(=O)O)c1. The van der Waals surface area contributed by atoms with Gasteiger partial charge in [0.05, 0.1) is 14.2 Å². The minimum atomic E-state index is -0.950. The zero-order valence-corrected chi connectivity index (χ0v) is 12.1. The standard InChI is InChI=1S/C14H21NO4/c1-14(2,13(16)17)15(3)9-10-8-11(18-4)6-7-12(10)19-5/h6-8H,9H2,1-5H3,(H,16,17). The highest BCUT2D eigenvalue weighted by atomic mass is 16.5. The number of hydrogen-bond donors (Lipinski definition) is 1. The van der Waals surface area contributed by atoms with Crippen LogP contribution in [0.3, 0.4) is 0 Å². The lowest BCUT2D eigenvalue weighted by Gasteiger charge is -2.31. The molecule has 0 saturated carbocycles. The van der Waals surface area contributed by atoms with Crippen molar-refractivity contribution in [2.75, 3.05) is 21.3 Å². The molecule has 0 aliphatic heterocycles. The number of carboxylic acid groups (broad SMARTS) is 1. The fourth-order valence-corrected chi connectivity index (χ4v) is 1.62. The number of rotatable bonds is 6. The second kappa shape index (κ2) is 5.93. The van der Waals surface area contributed by atoms with E-state index in [1.807, 2.05) is 18.2 Å². The quantitative estimate of drug-likeness (QED) is 0.854. The first-order chi connectivity index (χ1) is 8.82. The molecule has 0 aromatic heterocycles. The molecule has 0 radical (unpaired) electrons. The van der Waals surface area contributed by atoms with Gasteiger partial charge in [-0.25, -0.2) is 0 Å². The van der Waals surface area contributed by atoms with Crippen LogP contribution in [0.1, 0.15) is 19.4 Å². The summed E-state index contributed by atoms with van der Waals surface area (Å²) in [4.78, 5) is 13.0. The largest absolute Gasteiger partial charge is 0.497 e. The molecule has 0 aliphatic carbocycles. The lowest BCUT2D eigenvalue weighted by atomic mass is 10.0. The first-order valence-corrected chi connectivity index (χ1v) is 5.98. The number of carboxylic acids is 1. The molecule has 1 aromatic carbocycles. The highest BCUT2D eigenvalue weighted by Gasteiger charge is 2.32. The van der Waals surface area contributed by atoms with Crippen molar-refractivity contribution < 1.29 is 19.4 Å². The third kappa shape index (κ3) is 3.38. The maximum absolute atomic E-state index is 11.2. The molecule has 0 saturated heterocycles. The lowest BCUT2D eigenvalue weighted by Crippen LogP contribution is -2.47. The molecule has 0 spiro atoms. The Balaban J connectivity index is 3.01. The molecule has 0 amide bonds. The number of likely N-dealkylation sites (N-methyl/N-ethyl adjacent to an activating group) is 1. The lowest BCUT2D eigenvalue weighted by molar-refractivity contribution is -0.148. The molecule has 19 heavy (non-hydrogen) atoms. The van der Waals surface area contributed by atoms with Crippen LogP contribution in [0.2, 0.25) is 0 Å². The van der Waals surface area contributed by atoms with Crippen LogP contribution in [0.5, 0.6) is 11.5 Å². The van der Waals surface area contributed by atoms with E-state index in [1.165, 1.54) is 0 Å². The normalized spacial score (nSPS) is 11.5. The van der Waals surface area contributed by atoms with Gasteiger partial charge in [0.25, 0.3) is 0 Å². The second-order valence-electron chi connectivity index (χ2n) is 4.90. The predicted molar refractivity (Wildman–Crippen MR) is 72.7 cm³/mol. The third-order valence-corrected chi connectivity index (χ3v) is 3.37. The summed E-state index contributed by atoms with van der Waals surface area (Å²) in [5, 5.41) is 9.22.